The van der Waals surface area contributed by atoms with Crippen LogP contribution in [0.15, 0.2) is 35.8 Å². The normalized spacial score (nSPS) is 11.2. The van der Waals surface area contributed by atoms with Crippen molar-refractivity contribution in [2.24, 2.45) is 0 Å². The minimum atomic E-state index is -0.201. The van der Waals surface area contributed by atoms with E-state index in [2.05, 4.69) is 4.98 Å². The number of benzene rings is 1. The molecule has 0 atom stereocenters. The van der Waals surface area contributed by atoms with Crippen molar-refractivity contribution >= 4 is 22.2 Å². The van der Waals surface area contributed by atoms with E-state index < -0.39 is 0 Å². The predicted octanol–water partition coefficient (Wildman–Crippen LogP) is 3.59. The van der Waals surface area contributed by atoms with Crippen molar-refractivity contribution in [3.05, 3.63) is 52.4 Å². The molecule has 0 radical (unpaired) electrons. The highest BCUT2D eigenvalue weighted by Crippen LogP contribution is 2.19. The van der Waals surface area contributed by atoms with Crippen LogP contribution in [0.3, 0.4) is 0 Å². The molecule has 2 heterocycles. The zero-order valence-corrected chi connectivity index (χ0v) is 10.2. The van der Waals surface area contributed by atoms with Crippen molar-refractivity contribution in [1.82, 2.24) is 9.55 Å². The van der Waals surface area contributed by atoms with Crippen molar-refractivity contribution in [2.45, 2.75) is 13.5 Å². The number of thiazole rings is 1. The molecule has 0 aliphatic carbocycles. The van der Waals surface area contributed by atoms with Crippen LogP contribution in [0.1, 0.15) is 10.7 Å². The topological polar surface area (TPSA) is 17.8 Å². The molecule has 86 valence electrons. The molecule has 0 aliphatic rings. The maximum Gasteiger partial charge on any atom is 0.125 e. The molecule has 3 aromatic rings. The third-order valence-corrected chi connectivity index (χ3v) is 3.66. The first kappa shape index (κ1) is 10.5. The summed E-state index contributed by atoms with van der Waals surface area (Å²) in [6.45, 7) is 2.68. The van der Waals surface area contributed by atoms with Gasteiger partial charge in [0.25, 0.3) is 0 Å². The second-order valence-corrected chi connectivity index (χ2v) is 4.97. The summed E-state index contributed by atoms with van der Waals surface area (Å²) in [5.74, 6) is -0.201. The highest BCUT2D eigenvalue weighted by molar-refractivity contribution is 7.09. The Kier molecular flexibility index (Phi) is 2.44. The first-order chi connectivity index (χ1) is 8.22. The van der Waals surface area contributed by atoms with Crippen molar-refractivity contribution in [3.63, 3.8) is 0 Å². The van der Waals surface area contributed by atoms with Crippen molar-refractivity contribution in [3.8, 4) is 0 Å². The number of halogens is 1. The molecule has 0 fully saturated rings. The number of hydrogen-bond donors (Lipinski definition) is 0. The van der Waals surface area contributed by atoms with Crippen molar-refractivity contribution in [1.29, 1.82) is 0 Å². The molecule has 0 saturated heterocycles. The molecule has 2 aromatic heterocycles. The van der Waals surface area contributed by atoms with Gasteiger partial charge in [0.2, 0.25) is 0 Å². The summed E-state index contributed by atoms with van der Waals surface area (Å²) in [5, 5.41) is 4.13. The molecule has 0 N–H and O–H groups in total. The highest BCUT2D eigenvalue weighted by atomic mass is 32.1. The zero-order valence-electron chi connectivity index (χ0n) is 9.35. The maximum absolute atomic E-state index is 13.2. The van der Waals surface area contributed by atoms with Crippen LogP contribution in [0.25, 0.3) is 10.9 Å². The SMILES string of the molecule is Cc1csc(Cn2ccc3ccc(F)cc32)n1. The molecule has 3 rings (SSSR count). The van der Waals surface area contributed by atoms with Gasteiger partial charge in [-0.3, -0.25) is 0 Å². The summed E-state index contributed by atoms with van der Waals surface area (Å²) in [6, 6.07) is 6.85. The Hall–Kier alpha value is -1.68. The van der Waals surface area contributed by atoms with Gasteiger partial charge in [0.05, 0.1) is 12.1 Å². The molecule has 0 bridgehead atoms. The quantitative estimate of drug-likeness (QED) is 0.675. The van der Waals surface area contributed by atoms with E-state index in [1.165, 1.54) is 6.07 Å². The first-order valence-corrected chi connectivity index (χ1v) is 6.26. The number of rotatable bonds is 2. The van der Waals surface area contributed by atoms with Gasteiger partial charge in [-0.25, -0.2) is 9.37 Å². The monoisotopic (exact) mass is 246 g/mol. The van der Waals surface area contributed by atoms with Crippen molar-refractivity contribution in [2.75, 3.05) is 0 Å². The fourth-order valence-electron chi connectivity index (χ4n) is 1.92. The van der Waals surface area contributed by atoms with Gasteiger partial charge in [-0.2, -0.15) is 0 Å². The van der Waals surface area contributed by atoms with E-state index in [9.17, 15) is 4.39 Å². The largest absolute Gasteiger partial charge is 0.341 e. The molecule has 17 heavy (non-hydrogen) atoms. The molecule has 0 spiro atoms. The van der Waals surface area contributed by atoms with Gasteiger partial charge in [-0.15, -0.1) is 11.3 Å². The average Bonchev–Trinajstić information content (AvgIpc) is 2.87. The number of aromatic nitrogens is 2. The van der Waals surface area contributed by atoms with Gasteiger partial charge in [-0.05, 0) is 36.6 Å². The summed E-state index contributed by atoms with van der Waals surface area (Å²) in [5.41, 5.74) is 1.95. The lowest BCUT2D eigenvalue weighted by Gasteiger charge is -2.02. The Labute approximate surface area is 102 Å². The van der Waals surface area contributed by atoms with E-state index in [0.717, 1.165) is 21.6 Å². The summed E-state index contributed by atoms with van der Waals surface area (Å²) in [7, 11) is 0. The van der Waals surface area contributed by atoms with E-state index in [1.54, 1.807) is 23.5 Å². The van der Waals surface area contributed by atoms with Gasteiger partial charge < -0.3 is 4.57 Å². The van der Waals surface area contributed by atoms with Crippen LogP contribution in [0.2, 0.25) is 0 Å². The van der Waals surface area contributed by atoms with Gasteiger partial charge in [0, 0.05) is 17.3 Å². The van der Waals surface area contributed by atoms with Crippen LogP contribution >= 0.6 is 11.3 Å². The van der Waals surface area contributed by atoms with Gasteiger partial charge in [0.15, 0.2) is 0 Å². The standard InChI is InChI=1S/C13H11FN2S/c1-9-8-17-13(15-9)7-16-5-4-10-2-3-11(14)6-12(10)16/h2-6,8H,7H2,1H3. The van der Waals surface area contributed by atoms with Crippen LogP contribution in [0.4, 0.5) is 4.39 Å². The summed E-state index contributed by atoms with van der Waals surface area (Å²) < 4.78 is 15.2. The summed E-state index contributed by atoms with van der Waals surface area (Å²) >= 11 is 1.63. The number of hydrogen-bond acceptors (Lipinski definition) is 2. The predicted molar refractivity (Wildman–Crippen MR) is 67.8 cm³/mol. The average molecular weight is 246 g/mol. The van der Waals surface area contributed by atoms with Gasteiger partial charge in [-0.1, -0.05) is 0 Å². The lowest BCUT2D eigenvalue weighted by molar-refractivity contribution is 0.628. The molecule has 0 unspecified atom stereocenters. The van der Waals surface area contributed by atoms with Crippen LogP contribution in [-0.4, -0.2) is 9.55 Å². The van der Waals surface area contributed by atoms with E-state index >= 15 is 0 Å². The molecular formula is C13H11FN2S. The van der Waals surface area contributed by atoms with Crippen LogP contribution in [-0.2, 0) is 6.54 Å². The number of fused-ring (bicyclic) bond motifs is 1. The third-order valence-electron chi connectivity index (χ3n) is 2.71. The smallest absolute Gasteiger partial charge is 0.125 e. The minimum absolute atomic E-state index is 0.201. The molecule has 0 aliphatic heterocycles. The second-order valence-electron chi connectivity index (χ2n) is 4.03. The minimum Gasteiger partial charge on any atom is -0.341 e. The Morgan fingerprint density at radius 1 is 1.35 bits per heavy atom. The highest BCUT2D eigenvalue weighted by Gasteiger charge is 2.05. The van der Waals surface area contributed by atoms with Crippen LogP contribution in [0.5, 0.6) is 0 Å². The first-order valence-electron chi connectivity index (χ1n) is 5.38. The lowest BCUT2D eigenvalue weighted by atomic mass is 10.2. The molecule has 2 nitrogen and oxygen atoms in total. The molecule has 0 amide bonds. The molecule has 4 heteroatoms. The molecule has 1 aromatic carbocycles. The summed E-state index contributed by atoms with van der Waals surface area (Å²) in [4.78, 5) is 4.42. The lowest BCUT2D eigenvalue weighted by Crippen LogP contribution is -1.97. The summed E-state index contributed by atoms with van der Waals surface area (Å²) in [6.07, 6.45) is 1.97. The van der Waals surface area contributed by atoms with Crippen molar-refractivity contribution < 1.29 is 4.39 Å². The maximum atomic E-state index is 13.2. The van der Waals surface area contributed by atoms with Gasteiger partial charge >= 0.3 is 0 Å². The second kappa shape index (κ2) is 3.96. The van der Waals surface area contributed by atoms with E-state index in [1.807, 2.05) is 29.1 Å². The van der Waals surface area contributed by atoms with Crippen LogP contribution in [0, 0.1) is 12.7 Å². The fraction of sp³-hybridized carbons (Fsp3) is 0.154. The fourth-order valence-corrected chi connectivity index (χ4v) is 2.69. The Morgan fingerprint density at radius 3 is 3.00 bits per heavy atom. The molecular weight excluding hydrogens is 235 g/mol. The third kappa shape index (κ3) is 1.96. The van der Waals surface area contributed by atoms with E-state index in [0.29, 0.717) is 6.54 Å². The van der Waals surface area contributed by atoms with E-state index in [-0.39, 0.29) is 5.82 Å². The van der Waals surface area contributed by atoms with E-state index in [4.69, 9.17) is 0 Å². The number of nitrogens with zero attached hydrogens (tertiary/aromatic N) is 2. The Morgan fingerprint density at radius 2 is 2.24 bits per heavy atom. The Bertz CT molecular complexity index is 669. The zero-order chi connectivity index (χ0) is 11.8. The van der Waals surface area contributed by atoms with Crippen LogP contribution < -0.4 is 0 Å². The molecule has 0 saturated carbocycles. The number of aryl methyl sites for hydroxylation is 1. The Balaban J connectivity index is 2.03. The van der Waals surface area contributed by atoms with Gasteiger partial charge in [0.1, 0.15) is 10.8 Å².